The van der Waals surface area contributed by atoms with Crippen LogP contribution in [0.4, 0.5) is 13.2 Å². The number of hydrogen-bond acceptors (Lipinski definition) is 4. The first-order valence-electron chi connectivity index (χ1n) is 13.9. The summed E-state index contributed by atoms with van der Waals surface area (Å²) in [6, 6.07) is 13.2. The van der Waals surface area contributed by atoms with Crippen LogP contribution in [0.1, 0.15) is 86.8 Å². The van der Waals surface area contributed by atoms with E-state index in [-0.39, 0.29) is 36.6 Å². The fraction of sp³-hybridized carbons (Fsp3) is 0.581. The van der Waals surface area contributed by atoms with Gasteiger partial charge in [0, 0.05) is 11.8 Å². The Morgan fingerprint density at radius 1 is 0.868 bits per heavy atom. The first-order valence-corrected chi connectivity index (χ1v) is 13.9. The largest absolute Gasteiger partial charge is 0.432 e. The Labute approximate surface area is 223 Å². The maximum atomic E-state index is 15.2. The van der Waals surface area contributed by atoms with E-state index in [1.54, 1.807) is 6.07 Å². The van der Waals surface area contributed by atoms with Crippen LogP contribution in [0.3, 0.4) is 0 Å². The van der Waals surface area contributed by atoms with Gasteiger partial charge in [0.2, 0.25) is 0 Å². The minimum absolute atomic E-state index is 0.0418. The van der Waals surface area contributed by atoms with E-state index in [1.807, 2.05) is 18.2 Å². The third-order valence-corrected chi connectivity index (χ3v) is 8.62. The van der Waals surface area contributed by atoms with E-state index < -0.39 is 12.0 Å². The summed E-state index contributed by atoms with van der Waals surface area (Å²) in [5.41, 5.74) is 2.05. The van der Waals surface area contributed by atoms with Crippen LogP contribution >= 0.6 is 0 Å². The number of halogens is 3. The van der Waals surface area contributed by atoms with Gasteiger partial charge in [0.25, 0.3) is 0 Å². The molecule has 1 heterocycles. The average molecular weight is 528 g/mol. The predicted molar refractivity (Wildman–Crippen MR) is 137 cm³/mol. The molecule has 2 aromatic rings. The van der Waals surface area contributed by atoms with Crippen LogP contribution in [0.2, 0.25) is 0 Å². The first-order chi connectivity index (χ1) is 18.3. The molecule has 0 bridgehead atoms. The van der Waals surface area contributed by atoms with Crippen molar-refractivity contribution in [3.8, 4) is 11.8 Å². The second kappa shape index (κ2) is 11.7. The molecule has 0 spiro atoms. The second-order valence-corrected chi connectivity index (χ2v) is 11.4. The Kier molecular flexibility index (Phi) is 8.30. The summed E-state index contributed by atoms with van der Waals surface area (Å²) in [6.45, 7) is 3.63. The van der Waals surface area contributed by atoms with Crippen LogP contribution < -0.4 is 4.74 Å². The van der Waals surface area contributed by atoms with Crippen LogP contribution in [-0.2, 0) is 9.47 Å². The molecule has 0 unspecified atom stereocenters. The number of ether oxygens (including phenoxy) is 3. The smallest absolute Gasteiger partial charge is 0.400 e. The van der Waals surface area contributed by atoms with Gasteiger partial charge in [0.15, 0.2) is 6.29 Å². The van der Waals surface area contributed by atoms with Gasteiger partial charge in [0.1, 0.15) is 11.6 Å². The number of rotatable bonds is 6. The Balaban J connectivity index is 1.13. The summed E-state index contributed by atoms with van der Waals surface area (Å²) in [4.78, 5) is 0. The van der Waals surface area contributed by atoms with E-state index in [9.17, 15) is 8.78 Å². The van der Waals surface area contributed by atoms with Gasteiger partial charge < -0.3 is 14.2 Å². The van der Waals surface area contributed by atoms with Crippen molar-refractivity contribution in [2.24, 2.45) is 17.8 Å². The van der Waals surface area contributed by atoms with Crippen LogP contribution in [0.5, 0.6) is 5.75 Å². The average Bonchev–Trinajstić information content (AvgIpc) is 2.94. The van der Waals surface area contributed by atoms with Crippen LogP contribution in [0, 0.1) is 34.9 Å². The van der Waals surface area contributed by atoms with E-state index in [4.69, 9.17) is 19.5 Å². The third kappa shape index (κ3) is 6.18. The topological polar surface area (TPSA) is 51.5 Å². The Morgan fingerprint density at radius 3 is 2.11 bits per heavy atom. The summed E-state index contributed by atoms with van der Waals surface area (Å²) in [6.07, 6.45) is 2.10. The summed E-state index contributed by atoms with van der Waals surface area (Å²) in [7, 11) is 0. The molecule has 0 N–H and O–H groups in total. The summed E-state index contributed by atoms with van der Waals surface area (Å²) < 4.78 is 61.7. The van der Waals surface area contributed by atoms with E-state index >= 15 is 4.39 Å². The molecule has 5 rings (SSSR count). The van der Waals surface area contributed by atoms with Gasteiger partial charge in [-0.15, -0.1) is 0 Å². The number of nitrogens with zero attached hydrogens (tertiary/aromatic N) is 1. The molecule has 7 heteroatoms. The lowest BCUT2D eigenvalue weighted by molar-refractivity contribution is -0.226. The molecule has 2 aromatic carbocycles. The van der Waals surface area contributed by atoms with Gasteiger partial charge in [-0.1, -0.05) is 19.1 Å². The zero-order chi connectivity index (χ0) is 26.7. The van der Waals surface area contributed by atoms with Crippen LogP contribution in [-0.4, -0.2) is 25.6 Å². The highest BCUT2D eigenvalue weighted by molar-refractivity contribution is 5.35. The molecule has 0 radical (unpaired) electrons. The van der Waals surface area contributed by atoms with Crippen molar-refractivity contribution in [3.63, 3.8) is 0 Å². The molecule has 4 nitrogen and oxygen atoms in total. The summed E-state index contributed by atoms with van der Waals surface area (Å²) in [5, 5.41) is 8.87. The molecule has 38 heavy (non-hydrogen) atoms. The first kappa shape index (κ1) is 27.0. The molecule has 3 fully saturated rings. The lowest BCUT2D eigenvalue weighted by Crippen LogP contribution is -2.37. The molecular weight excluding hydrogens is 491 g/mol. The van der Waals surface area contributed by atoms with Crippen molar-refractivity contribution in [2.45, 2.75) is 82.5 Å². The zero-order valence-corrected chi connectivity index (χ0v) is 21.9. The van der Waals surface area contributed by atoms with E-state index in [0.29, 0.717) is 41.7 Å². The van der Waals surface area contributed by atoms with Gasteiger partial charge in [-0.3, -0.25) is 0 Å². The van der Waals surface area contributed by atoms with Gasteiger partial charge in [-0.2, -0.15) is 14.0 Å². The van der Waals surface area contributed by atoms with Gasteiger partial charge >= 0.3 is 6.11 Å². The van der Waals surface area contributed by atoms with Crippen molar-refractivity contribution in [1.82, 2.24) is 0 Å². The molecule has 1 saturated heterocycles. The number of hydrogen-bond donors (Lipinski definition) is 0. The van der Waals surface area contributed by atoms with Crippen molar-refractivity contribution >= 4 is 0 Å². The van der Waals surface area contributed by atoms with Gasteiger partial charge in [0.05, 0.1) is 30.8 Å². The fourth-order valence-corrected chi connectivity index (χ4v) is 6.32. The van der Waals surface area contributed by atoms with E-state index in [1.165, 1.54) is 24.3 Å². The summed E-state index contributed by atoms with van der Waals surface area (Å²) >= 11 is 0. The predicted octanol–water partition coefficient (Wildman–Crippen LogP) is 7.93. The molecule has 1 aliphatic heterocycles. The Bertz CT molecular complexity index is 1110. The maximum Gasteiger partial charge on any atom is 0.400 e. The Hall–Kier alpha value is -2.56. The summed E-state index contributed by atoms with van der Waals surface area (Å²) in [5.74, 6) is -0.000174. The van der Waals surface area contributed by atoms with Gasteiger partial charge in [-0.25, -0.2) is 4.39 Å². The molecule has 3 aliphatic rings. The number of nitriles is 1. The minimum Gasteiger partial charge on any atom is -0.432 e. The minimum atomic E-state index is -3.31. The molecule has 2 aliphatic carbocycles. The highest BCUT2D eigenvalue weighted by Gasteiger charge is 2.44. The van der Waals surface area contributed by atoms with Crippen molar-refractivity contribution in [2.75, 3.05) is 13.2 Å². The van der Waals surface area contributed by atoms with Crippen LogP contribution in [0.25, 0.3) is 0 Å². The van der Waals surface area contributed by atoms with E-state index in [0.717, 1.165) is 44.5 Å². The molecule has 0 amide bonds. The fourth-order valence-electron chi connectivity index (χ4n) is 6.32. The van der Waals surface area contributed by atoms with E-state index in [2.05, 4.69) is 6.92 Å². The van der Waals surface area contributed by atoms with Crippen molar-refractivity contribution in [3.05, 3.63) is 65.0 Å². The lowest BCUT2D eigenvalue weighted by atomic mass is 9.76. The molecule has 0 aromatic heterocycles. The normalized spacial score (nSPS) is 30.4. The van der Waals surface area contributed by atoms with Crippen LogP contribution in [0.15, 0.2) is 42.5 Å². The molecule has 204 valence electrons. The molecular formula is C31H36F3NO3. The highest BCUT2D eigenvalue weighted by Crippen LogP contribution is 2.45. The molecule has 0 atom stereocenters. The number of alkyl halides is 2. The number of benzene rings is 2. The zero-order valence-electron chi connectivity index (χ0n) is 21.9. The third-order valence-electron chi connectivity index (χ3n) is 8.62. The monoisotopic (exact) mass is 527 g/mol. The Morgan fingerprint density at radius 2 is 1.50 bits per heavy atom. The standard InChI is InChI=1S/C31H36F3NO3/c1-20-18-36-30(37-19-20)24-6-4-22(5-7-24)25-10-15-28(29(32)16-25)23-8-11-26(12-9-23)31(33,34)38-27-13-2-21(17-35)3-14-27/h2-3,10,13-16,20,22-24,26,30H,4-9,11-12,18-19H2,1H3. The SMILES string of the molecule is CC1COC(C2CCC(c3ccc(C4CCC(C(F)(F)Oc5ccc(C#N)cc5)CC4)c(F)c3)CC2)OC1. The second-order valence-electron chi connectivity index (χ2n) is 11.4. The highest BCUT2D eigenvalue weighted by atomic mass is 19.3. The van der Waals surface area contributed by atoms with Crippen molar-refractivity contribution in [1.29, 1.82) is 5.26 Å². The van der Waals surface area contributed by atoms with Crippen molar-refractivity contribution < 1.29 is 27.4 Å². The molecule has 2 saturated carbocycles. The maximum absolute atomic E-state index is 15.2. The quantitative estimate of drug-likeness (QED) is 0.383. The lowest BCUT2D eigenvalue weighted by Gasteiger charge is -2.37. The van der Waals surface area contributed by atoms with Gasteiger partial charge in [-0.05, 0) is 105 Å².